The van der Waals surface area contributed by atoms with Crippen LogP contribution in [0, 0.1) is 17.0 Å². The summed E-state index contributed by atoms with van der Waals surface area (Å²) in [7, 11) is 0. The van der Waals surface area contributed by atoms with Crippen LogP contribution in [0.4, 0.5) is 11.4 Å². The van der Waals surface area contributed by atoms with Crippen LogP contribution in [0.3, 0.4) is 0 Å². The van der Waals surface area contributed by atoms with Crippen LogP contribution in [0.25, 0.3) is 10.9 Å². The van der Waals surface area contributed by atoms with E-state index in [1.165, 1.54) is 23.9 Å². The lowest BCUT2D eigenvalue weighted by Gasteiger charge is -2.18. The highest BCUT2D eigenvalue weighted by molar-refractivity contribution is 7.99. The van der Waals surface area contributed by atoms with Crippen molar-refractivity contribution in [2.45, 2.75) is 43.8 Å². The van der Waals surface area contributed by atoms with Gasteiger partial charge in [0.15, 0.2) is 5.16 Å². The molecule has 2 aromatic carbocycles. The second-order valence-electron chi connectivity index (χ2n) is 7.57. The number of anilines is 1. The van der Waals surface area contributed by atoms with E-state index in [2.05, 4.69) is 10.3 Å². The van der Waals surface area contributed by atoms with E-state index in [1.807, 2.05) is 12.1 Å². The van der Waals surface area contributed by atoms with Crippen LogP contribution in [0.1, 0.15) is 37.3 Å². The minimum Gasteiger partial charge on any atom is -0.325 e. The van der Waals surface area contributed by atoms with Gasteiger partial charge in [0, 0.05) is 12.1 Å². The number of aromatic nitrogens is 2. The number of para-hydroxylation sites is 1. The Balaban J connectivity index is 1.58. The van der Waals surface area contributed by atoms with Gasteiger partial charge in [0.05, 0.1) is 32.8 Å². The van der Waals surface area contributed by atoms with Crippen LogP contribution < -0.4 is 10.9 Å². The Labute approximate surface area is 182 Å². The first-order valence-corrected chi connectivity index (χ1v) is 11.1. The average Bonchev–Trinajstić information content (AvgIpc) is 3.28. The van der Waals surface area contributed by atoms with Gasteiger partial charge in [-0.3, -0.25) is 24.3 Å². The van der Waals surface area contributed by atoms with Crippen molar-refractivity contribution in [2.24, 2.45) is 0 Å². The molecule has 0 atom stereocenters. The maximum atomic E-state index is 13.2. The molecular weight excluding hydrogens is 416 g/mol. The lowest BCUT2D eigenvalue weighted by molar-refractivity contribution is -0.385. The molecule has 0 spiro atoms. The molecule has 160 valence electrons. The van der Waals surface area contributed by atoms with Crippen molar-refractivity contribution < 1.29 is 9.72 Å². The lowest BCUT2D eigenvalue weighted by Crippen LogP contribution is -2.27. The van der Waals surface area contributed by atoms with E-state index in [0.717, 1.165) is 25.7 Å². The molecule has 1 aliphatic rings. The number of thioether (sulfide) groups is 1. The van der Waals surface area contributed by atoms with Crippen molar-refractivity contribution in [3.8, 4) is 0 Å². The fourth-order valence-electron chi connectivity index (χ4n) is 3.98. The van der Waals surface area contributed by atoms with Gasteiger partial charge in [0.25, 0.3) is 11.2 Å². The number of fused-ring (bicyclic) bond motifs is 1. The molecule has 8 nitrogen and oxygen atoms in total. The smallest absolute Gasteiger partial charge is 0.274 e. The number of amides is 1. The quantitative estimate of drug-likeness (QED) is 0.264. The first-order valence-electron chi connectivity index (χ1n) is 10.1. The Morgan fingerprint density at radius 3 is 2.71 bits per heavy atom. The molecule has 0 aliphatic heterocycles. The van der Waals surface area contributed by atoms with E-state index < -0.39 is 4.92 Å². The van der Waals surface area contributed by atoms with Crippen molar-refractivity contribution in [2.75, 3.05) is 11.1 Å². The molecule has 0 bridgehead atoms. The number of hydrogen-bond acceptors (Lipinski definition) is 6. The van der Waals surface area contributed by atoms with Gasteiger partial charge in [0.1, 0.15) is 0 Å². The Kier molecular flexibility index (Phi) is 6.03. The van der Waals surface area contributed by atoms with Crippen LogP contribution in [-0.2, 0) is 4.79 Å². The number of hydrogen-bond donors (Lipinski definition) is 1. The summed E-state index contributed by atoms with van der Waals surface area (Å²) in [6.45, 7) is 1.60. The van der Waals surface area contributed by atoms with E-state index in [0.29, 0.717) is 27.3 Å². The van der Waals surface area contributed by atoms with Gasteiger partial charge in [-0.1, -0.05) is 42.8 Å². The lowest BCUT2D eigenvalue weighted by atomic mass is 10.1. The van der Waals surface area contributed by atoms with E-state index in [9.17, 15) is 19.7 Å². The van der Waals surface area contributed by atoms with Crippen molar-refractivity contribution >= 4 is 39.9 Å². The van der Waals surface area contributed by atoms with E-state index in [1.54, 1.807) is 29.7 Å². The van der Waals surface area contributed by atoms with Crippen LogP contribution in [-0.4, -0.2) is 26.1 Å². The first kappa shape index (κ1) is 21.0. The van der Waals surface area contributed by atoms with Crippen molar-refractivity contribution in [3.05, 3.63) is 68.5 Å². The topological polar surface area (TPSA) is 107 Å². The summed E-state index contributed by atoms with van der Waals surface area (Å²) >= 11 is 1.21. The highest BCUT2D eigenvalue weighted by Crippen LogP contribution is 2.32. The molecule has 4 rings (SSSR count). The van der Waals surface area contributed by atoms with Crippen LogP contribution >= 0.6 is 11.8 Å². The summed E-state index contributed by atoms with van der Waals surface area (Å²) < 4.78 is 1.74. The predicted octanol–water partition coefficient (Wildman–Crippen LogP) is 4.46. The number of carbonyl (C=O) groups excluding carboxylic acids is 1. The van der Waals surface area contributed by atoms with E-state index >= 15 is 0 Å². The number of nitrogens with zero attached hydrogens (tertiary/aromatic N) is 3. The number of benzene rings is 2. The van der Waals surface area contributed by atoms with Gasteiger partial charge in [-0.15, -0.1) is 0 Å². The maximum Gasteiger partial charge on any atom is 0.274 e. The molecule has 0 saturated heterocycles. The molecule has 0 unspecified atom stereocenters. The zero-order valence-electron chi connectivity index (χ0n) is 17.0. The molecule has 31 heavy (non-hydrogen) atoms. The molecule has 1 N–H and O–H groups in total. The predicted molar refractivity (Wildman–Crippen MR) is 121 cm³/mol. The minimum absolute atomic E-state index is 0.0413. The largest absolute Gasteiger partial charge is 0.325 e. The van der Waals surface area contributed by atoms with Crippen molar-refractivity contribution in [1.29, 1.82) is 0 Å². The average molecular weight is 439 g/mol. The Morgan fingerprint density at radius 1 is 1.23 bits per heavy atom. The standard InChI is InChI=1S/C22H22N4O4S/c1-14-17(11-6-12-19(14)26(29)30)23-20(27)13-31-22-24-18-10-5-4-9-16(18)21(28)25(22)15-7-2-3-8-15/h4-6,9-12,15H,2-3,7-8,13H2,1H3,(H,23,27). The molecule has 1 aliphatic carbocycles. The fraction of sp³-hybridized carbons (Fsp3) is 0.318. The number of nitro benzene ring substituents is 1. The highest BCUT2D eigenvalue weighted by Gasteiger charge is 2.23. The van der Waals surface area contributed by atoms with Crippen LogP contribution in [0.5, 0.6) is 0 Å². The van der Waals surface area contributed by atoms with Gasteiger partial charge < -0.3 is 5.32 Å². The third-order valence-electron chi connectivity index (χ3n) is 5.57. The molecule has 1 saturated carbocycles. The summed E-state index contributed by atoms with van der Waals surface area (Å²) in [4.78, 5) is 41.1. The van der Waals surface area contributed by atoms with Gasteiger partial charge >= 0.3 is 0 Å². The molecule has 1 amide bonds. The van der Waals surface area contributed by atoms with Crippen molar-refractivity contribution in [1.82, 2.24) is 9.55 Å². The Morgan fingerprint density at radius 2 is 1.97 bits per heavy atom. The molecule has 1 aromatic heterocycles. The zero-order valence-corrected chi connectivity index (χ0v) is 17.9. The summed E-state index contributed by atoms with van der Waals surface area (Å²) in [5, 5.41) is 15.0. The number of carbonyl (C=O) groups is 1. The van der Waals surface area contributed by atoms with Crippen LogP contribution in [0.2, 0.25) is 0 Å². The summed E-state index contributed by atoms with van der Waals surface area (Å²) in [6, 6.07) is 11.9. The normalized spacial score (nSPS) is 14.1. The number of nitro groups is 1. The zero-order chi connectivity index (χ0) is 22.0. The molecule has 1 heterocycles. The van der Waals surface area contributed by atoms with Crippen LogP contribution in [0.15, 0.2) is 52.4 Å². The van der Waals surface area contributed by atoms with Gasteiger partial charge in [0.2, 0.25) is 5.91 Å². The summed E-state index contributed by atoms with van der Waals surface area (Å²) in [5.41, 5.74) is 1.29. The van der Waals surface area contributed by atoms with E-state index in [4.69, 9.17) is 0 Å². The van der Waals surface area contributed by atoms with Gasteiger partial charge in [-0.2, -0.15) is 0 Å². The maximum absolute atomic E-state index is 13.2. The SMILES string of the molecule is Cc1c(NC(=O)CSc2nc3ccccc3c(=O)n2C2CCCC2)cccc1[N+](=O)[O-]. The molecular formula is C22H22N4O4S. The monoisotopic (exact) mass is 438 g/mol. The molecule has 0 radical (unpaired) electrons. The Bertz CT molecular complexity index is 1220. The summed E-state index contributed by atoms with van der Waals surface area (Å²) in [6.07, 6.45) is 3.99. The molecule has 1 fully saturated rings. The highest BCUT2D eigenvalue weighted by atomic mass is 32.2. The minimum atomic E-state index is -0.473. The third kappa shape index (κ3) is 4.32. The van der Waals surface area contributed by atoms with Gasteiger partial charge in [-0.05, 0) is 38.0 Å². The fourth-order valence-corrected chi connectivity index (χ4v) is 4.85. The van der Waals surface area contributed by atoms with Gasteiger partial charge in [-0.25, -0.2) is 4.98 Å². The number of rotatable bonds is 6. The first-order chi connectivity index (χ1) is 15.0. The van der Waals surface area contributed by atoms with Crippen molar-refractivity contribution in [3.63, 3.8) is 0 Å². The van der Waals surface area contributed by atoms with E-state index in [-0.39, 0.29) is 28.9 Å². The Hall–Kier alpha value is -3.20. The number of nitrogens with one attached hydrogen (secondary N) is 1. The molecule has 3 aromatic rings. The second-order valence-corrected chi connectivity index (χ2v) is 8.51. The third-order valence-corrected chi connectivity index (χ3v) is 6.53. The molecule has 9 heteroatoms. The summed E-state index contributed by atoms with van der Waals surface area (Å²) in [5.74, 6) is -0.270. The second kappa shape index (κ2) is 8.89.